The summed E-state index contributed by atoms with van der Waals surface area (Å²) in [7, 11) is 0.0593. The molecule has 1 aromatic carbocycles. The average Bonchev–Trinajstić information content (AvgIpc) is 3.19. The Hall–Kier alpha value is -1.28. The normalized spacial score (nSPS) is 15.5. The van der Waals surface area contributed by atoms with E-state index < -0.39 is 10.0 Å². The Morgan fingerprint density at radius 1 is 1.30 bits per heavy atom. The fraction of sp³-hybridized carbons (Fsp3) is 0.421. The van der Waals surface area contributed by atoms with Crippen LogP contribution in [0.25, 0.3) is 0 Å². The number of nitrogens with one attached hydrogen (secondary N) is 1. The first-order valence-corrected chi connectivity index (χ1v) is 11.5. The van der Waals surface area contributed by atoms with Crippen LogP contribution < -0.4 is 5.32 Å². The van der Waals surface area contributed by atoms with Gasteiger partial charge in [0.2, 0.25) is 0 Å². The lowest BCUT2D eigenvalue weighted by molar-refractivity contribution is 0.0731. The largest absolute Gasteiger partial charge is 0.379 e. The zero-order valence-electron chi connectivity index (χ0n) is 16.9. The van der Waals surface area contributed by atoms with E-state index in [1.807, 2.05) is 24.1 Å². The van der Waals surface area contributed by atoms with E-state index in [0.29, 0.717) is 49.6 Å². The third-order valence-corrected chi connectivity index (χ3v) is 7.96. The second-order valence-corrected chi connectivity index (χ2v) is 9.96. The first-order chi connectivity index (χ1) is 13.9. The molecular formula is C19H26FIN4O3S2. The summed E-state index contributed by atoms with van der Waals surface area (Å²) in [6.45, 7) is 2.55. The highest BCUT2D eigenvalue weighted by Crippen LogP contribution is 2.25. The monoisotopic (exact) mass is 568 g/mol. The van der Waals surface area contributed by atoms with Crippen molar-refractivity contribution in [3.63, 3.8) is 0 Å². The van der Waals surface area contributed by atoms with Gasteiger partial charge in [-0.2, -0.15) is 4.31 Å². The SMILES string of the molecule is CN=C(NCc1ccc(S(=O)(=O)N2CCOCC2)s1)N(C)Cc1cccc(F)c1.I. The van der Waals surface area contributed by atoms with Crippen LogP contribution in [0.5, 0.6) is 0 Å². The lowest BCUT2D eigenvalue weighted by atomic mass is 10.2. The molecule has 0 saturated carbocycles. The number of guanidine groups is 1. The number of hydrogen-bond donors (Lipinski definition) is 1. The summed E-state index contributed by atoms with van der Waals surface area (Å²) in [5.74, 6) is 0.367. The number of halogens is 2. The van der Waals surface area contributed by atoms with E-state index in [2.05, 4.69) is 10.3 Å². The van der Waals surface area contributed by atoms with E-state index in [9.17, 15) is 12.8 Å². The van der Waals surface area contributed by atoms with Crippen molar-refractivity contribution >= 4 is 51.3 Å². The molecule has 0 radical (unpaired) electrons. The van der Waals surface area contributed by atoms with Gasteiger partial charge in [-0.25, -0.2) is 12.8 Å². The number of sulfonamides is 1. The predicted molar refractivity (Wildman–Crippen MR) is 127 cm³/mol. The van der Waals surface area contributed by atoms with Gasteiger partial charge in [0.05, 0.1) is 19.8 Å². The maximum atomic E-state index is 13.4. The topological polar surface area (TPSA) is 74.2 Å². The van der Waals surface area contributed by atoms with Crippen LogP contribution in [0.1, 0.15) is 10.4 Å². The number of nitrogens with zero attached hydrogens (tertiary/aromatic N) is 3. The Balaban J connectivity index is 0.00000320. The fourth-order valence-electron chi connectivity index (χ4n) is 3.04. The molecule has 0 spiro atoms. The first-order valence-electron chi connectivity index (χ1n) is 9.23. The quantitative estimate of drug-likeness (QED) is 0.330. The van der Waals surface area contributed by atoms with Crippen molar-refractivity contribution < 1.29 is 17.5 Å². The highest BCUT2D eigenvalue weighted by Gasteiger charge is 2.27. The Bertz CT molecular complexity index is 962. The van der Waals surface area contributed by atoms with E-state index in [1.54, 1.807) is 19.2 Å². The molecule has 1 aliphatic rings. The molecule has 166 valence electrons. The average molecular weight is 568 g/mol. The van der Waals surface area contributed by atoms with E-state index in [4.69, 9.17) is 4.74 Å². The molecular weight excluding hydrogens is 542 g/mol. The van der Waals surface area contributed by atoms with Gasteiger partial charge in [0, 0.05) is 38.6 Å². The van der Waals surface area contributed by atoms with Crippen LogP contribution in [0.3, 0.4) is 0 Å². The first kappa shape index (κ1) is 25.0. The summed E-state index contributed by atoms with van der Waals surface area (Å²) in [5.41, 5.74) is 0.838. The lowest BCUT2D eigenvalue weighted by Gasteiger charge is -2.25. The molecule has 0 amide bonds. The Morgan fingerprint density at radius 2 is 2.03 bits per heavy atom. The minimum Gasteiger partial charge on any atom is -0.379 e. The van der Waals surface area contributed by atoms with Gasteiger partial charge in [0.25, 0.3) is 10.0 Å². The van der Waals surface area contributed by atoms with Gasteiger partial charge >= 0.3 is 0 Å². The van der Waals surface area contributed by atoms with Crippen LogP contribution in [0.2, 0.25) is 0 Å². The van der Waals surface area contributed by atoms with Crippen LogP contribution in [0.4, 0.5) is 4.39 Å². The number of ether oxygens (including phenoxy) is 1. The molecule has 1 saturated heterocycles. The van der Waals surface area contributed by atoms with Crippen molar-refractivity contribution in [2.45, 2.75) is 17.3 Å². The van der Waals surface area contributed by atoms with Crippen LogP contribution >= 0.6 is 35.3 Å². The van der Waals surface area contributed by atoms with Gasteiger partial charge in [0.15, 0.2) is 5.96 Å². The van der Waals surface area contributed by atoms with Crippen LogP contribution in [-0.2, 0) is 27.8 Å². The summed E-state index contributed by atoms with van der Waals surface area (Å²) in [4.78, 5) is 7.02. The molecule has 1 fully saturated rings. The second kappa shape index (κ2) is 11.4. The minimum atomic E-state index is -3.48. The number of aliphatic imine (C=N–C) groups is 1. The van der Waals surface area contributed by atoms with Crippen molar-refractivity contribution in [1.82, 2.24) is 14.5 Å². The molecule has 0 atom stereocenters. The summed E-state index contributed by atoms with van der Waals surface area (Å²) in [6.07, 6.45) is 0. The van der Waals surface area contributed by atoms with Crippen molar-refractivity contribution in [1.29, 1.82) is 0 Å². The summed E-state index contributed by atoms with van der Waals surface area (Å²) in [6, 6.07) is 9.89. The second-order valence-electron chi connectivity index (χ2n) is 6.62. The molecule has 1 aliphatic heterocycles. The molecule has 7 nitrogen and oxygen atoms in total. The molecule has 30 heavy (non-hydrogen) atoms. The molecule has 0 aliphatic carbocycles. The van der Waals surface area contributed by atoms with Crippen molar-refractivity contribution in [2.24, 2.45) is 4.99 Å². The van der Waals surface area contributed by atoms with E-state index in [0.717, 1.165) is 10.4 Å². The molecule has 1 N–H and O–H groups in total. The molecule has 0 unspecified atom stereocenters. The maximum Gasteiger partial charge on any atom is 0.252 e. The summed E-state index contributed by atoms with van der Waals surface area (Å²) in [5, 5.41) is 3.23. The number of benzene rings is 1. The van der Waals surface area contributed by atoms with Gasteiger partial charge in [-0.15, -0.1) is 35.3 Å². The third-order valence-electron chi connectivity index (χ3n) is 4.50. The molecule has 11 heteroatoms. The zero-order valence-corrected chi connectivity index (χ0v) is 20.8. The van der Waals surface area contributed by atoms with E-state index in [-0.39, 0.29) is 29.8 Å². The van der Waals surface area contributed by atoms with E-state index >= 15 is 0 Å². The fourth-order valence-corrected chi connectivity index (χ4v) is 5.90. The van der Waals surface area contributed by atoms with E-state index in [1.165, 1.54) is 27.8 Å². The lowest BCUT2D eigenvalue weighted by Crippen LogP contribution is -2.40. The summed E-state index contributed by atoms with van der Waals surface area (Å²) < 4.78 is 45.9. The van der Waals surface area contributed by atoms with Crippen molar-refractivity contribution in [2.75, 3.05) is 40.4 Å². The van der Waals surface area contributed by atoms with Crippen LogP contribution in [0.15, 0.2) is 45.6 Å². The molecule has 0 bridgehead atoms. The summed E-state index contributed by atoms with van der Waals surface area (Å²) >= 11 is 1.25. The number of thiophene rings is 1. The minimum absolute atomic E-state index is 0. The Kier molecular flexibility index (Phi) is 9.47. The number of rotatable bonds is 6. The van der Waals surface area contributed by atoms with Gasteiger partial charge < -0.3 is 15.0 Å². The Labute approximate surface area is 198 Å². The zero-order chi connectivity index (χ0) is 20.9. The highest BCUT2D eigenvalue weighted by atomic mass is 127. The van der Waals surface area contributed by atoms with Crippen LogP contribution in [0, 0.1) is 5.82 Å². The molecule has 2 heterocycles. The van der Waals surface area contributed by atoms with Crippen molar-refractivity contribution in [3.8, 4) is 0 Å². The maximum absolute atomic E-state index is 13.4. The van der Waals surface area contributed by atoms with Gasteiger partial charge in [-0.05, 0) is 29.8 Å². The predicted octanol–water partition coefficient (Wildman–Crippen LogP) is 2.73. The molecule has 3 rings (SSSR count). The number of morpholine rings is 1. The number of hydrogen-bond acceptors (Lipinski definition) is 5. The van der Waals surface area contributed by atoms with Crippen LogP contribution in [-0.4, -0.2) is 64.0 Å². The van der Waals surface area contributed by atoms with Crippen molar-refractivity contribution in [3.05, 3.63) is 52.7 Å². The van der Waals surface area contributed by atoms with Gasteiger partial charge in [0.1, 0.15) is 10.0 Å². The smallest absolute Gasteiger partial charge is 0.252 e. The standard InChI is InChI=1S/C19H25FN4O3S2.HI/c1-21-19(23(2)14-15-4-3-5-16(20)12-15)22-13-17-6-7-18(28-17)29(25,26)24-8-10-27-11-9-24;/h3-7,12H,8-11,13-14H2,1-2H3,(H,21,22);1H. The Morgan fingerprint density at radius 3 is 2.70 bits per heavy atom. The molecule has 2 aromatic rings. The third kappa shape index (κ3) is 6.36. The highest BCUT2D eigenvalue weighted by molar-refractivity contribution is 14.0. The van der Waals surface area contributed by atoms with Gasteiger partial charge in [-0.1, -0.05) is 12.1 Å². The van der Waals surface area contributed by atoms with Gasteiger partial charge in [-0.3, -0.25) is 4.99 Å². The molecule has 1 aromatic heterocycles.